The van der Waals surface area contributed by atoms with Gasteiger partial charge in [-0.1, -0.05) is 23.7 Å². The molecule has 0 radical (unpaired) electrons. The third kappa shape index (κ3) is 4.77. The summed E-state index contributed by atoms with van der Waals surface area (Å²) in [5.74, 6) is -0.422. The van der Waals surface area contributed by atoms with Crippen LogP contribution in [0.2, 0.25) is 5.02 Å². The first-order valence-electron chi connectivity index (χ1n) is 12.2. The van der Waals surface area contributed by atoms with Crippen LogP contribution in [0.4, 0.5) is 10.2 Å². The van der Waals surface area contributed by atoms with Crippen molar-refractivity contribution in [2.75, 3.05) is 52.1 Å². The molecule has 4 heterocycles. The topological polar surface area (TPSA) is 89.9 Å². The number of aromatic nitrogens is 1. The Labute approximate surface area is 219 Å². The Morgan fingerprint density at radius 3 is 2.49 bits per heavy atom. The van der Waals surface area contributed by atoms with Crippen LogP contribution in [0.25, 0.3) is 5.70 Å². The zero-order valence-corrected chi connectivity index (χ0v) is 21.9. The molecule has 1 aromatic heterocycles. The van der Waals surface area contributed by atoms with Crippen molar-refractivity contribution >= 4 is 34.9 Å². The van der Waals surface area contributed by atoms with Crippen molar-refractivity contribution in [3.8, 4) is 0 Å². The molecule has 2 N–H and O–H groups in total. The van der Waals surface area contributed by atoms with E-state index in [1.165, 1.54) is 16.4 Å². The van der Waals surface area contributed by atoms with Gasteiger partial charge >= 0.3 is 0 Å². The number of nitrogens with zero attached hydrogens (tertiary/aromatic N) is 4. The van der Waals surface area contributed by atoms with Crippen LogP contribution in [0.1, 0.15) is 28.4 Å². The Kier molecular flexibility index (Phi) is 6.39. The molecule has 0 spiro atoms. The highest BCUT2D eigenvalue weighted by Crippen LogP contribution is 2.36. The number of alkyl halides is 1. The number of carbonyl (C=O) groups is 2. The smallest absolute Gasteiger partial charge is 0.265 e. The van der Waals surface area contributed by atoms with E-state index in [0.29, 0.717) is 22.9 Å². The number of hydrogen-bond donors (Lipinski definition) is 2. The van der Waals surface area contributed by atoms with Gasteiger partial charge in [-0.2, -0.15) is 0 Å². The van der Waals surface area contributed by atoms with Crippen molar-refractivity contribution in [3.63, 3.8) is 0 Å². The van der Waals surface area contributed by atoms with Crippen LogP contribution in [0, 0.1) is 0 Å². The number of pyridine rings is 1. The first-order valence-corrected chi connectivity index (χ1v) is 12.6. The lowest BCUT2D eigenvalue weighted by molar-refractivity contribution is -0.144. The fourth-order valence-electron chi connectivity index (χ4n) is 5.09. The molecule has 0 saturated carbocycles. The van der Waals surface area contributed by atoms with Gasteiger partial charge in [0.15, 0.2) is 0 Å². The summed E-state index contributed by atoms with van der Waals surface area (Å²) in [7, 11) is 3.98. The van der Waals surface area contributed by atoms with Crippen LogP contribution in [0.3, 0.4) is 0 Å². The Morgan fingerprint density at radius 1 is 1.14 bits per heavy atom. The average Bonchev–Trinajstić information content (AvgIpc) is 2.85. The van der Waals surface area contributed by atoms with E-state index < -0.39 is 17.1 Å². The van der Waals surface area contributed by atoms with Crippen LogP contribution in [0.15, 0.2) is 40.8 Å². The van der Waals surface area contributed by atoms with E-state index in [1.807, 2.05) is 14.1 Å². The zero-order chi connectivity index (χ0) is 26.5. The fraction of sp³-hybridized carbons (Fsp3) is 0.423. The monoisotopic (exact) mass is 528 g/mol. The molecule has 1 saturated heterocycles. The highest BCUT2D eigenvalue weighted by atomic mass is 35.5. The van der Waals surface area contributed by atoms with Crippen LogP contribution >= 0.6 is 11.6 Å². The Hall–Kier alpha value is -3.53. The maximum Gasteiger partial charge on any atom is 0.265 e. The number of amides is 2. The van der Waals surface area contributed by atoms with E-state index in [9.17, 15) is 18.8 Å². The Balaban J connectivity index is 1.53. The molecule has 1 fully saturated rings. The van der Waals surface area contributed by atoms with Crippen molar-refractivity contribution in [1.82, 2.24) is 24.6 Å². The van der Waals surface area contributed by atoms with E-state index in [2.05, 4.69) is 20.4 Å². The lowest BCUT2D eigenvalue weighted by Gasteiger charge is -2.43. The number of nitrogens with one attached hydrogen (secondary N) is 2. The summed E-state index contributed by atoms with van der Waals surface area (Å²) in [6.07, 6.45) is 0. The van der Waals surface area contributed by atoms with Crippen molar-refractivity contribution in [1.29, 1.82) is 0 Å². The minimum absolute atomic E-state index is 0.0136. The molecule has 9 nitrogen and oxygen atoms in total. The van der Waals surface area contributed by atoms with Gasteiger partial charge in [0, 0.05) is 44.3 Å². The summed E-state index contributed by atoms with van der Waals surface area (Å²) in [5, 5.41) is 6.69. The number of anilines is 1. The van der Waals surface area contributed by atoms with Crippen LogP contribution in [-0.4, -0.2) is 83.6 Å². The molecule has 0 bridgehead atoms. The van der Waals surface area contributed by atoms with E-state index in [1.54, 1.807) is 30.3 Å². The number of likely N-dealkylation sites (tertiary alicyclic amines) is 1. The summed E-state index contributed by atoms with van der Waals surface area (Å²) in [6.45, 7) is 3.44. The Morgan fingerprint density at radius 2 is 1.81 bits per heavy atom. The van der Waals surface area contributed by atoms with Crippen molar-refractivity contribution < 1.29 is 14.0 Å². The highest BCUT2D eigenvalue weighted by molar-refractivity contribution is 6.30. The third-order valence-corrected chi connectivity index (χ3v) is 7.40. The molecule has 3 aliphatic rings. The van der Waals surface area contributed by atoms with E-state index in [-0.39, 0.29) is 37.6 Å². The van der Waals surface area contributed by atoms with Gasteiger partial charge in [0.25, 0.3) is 11.5 Å². The first kappa shape index (κ1) is 25.1. The zero-order valence-electron chi connectivity index (χ0n) is 21.1. The number of hydrogen-bond acceptors (Lipinski definition) is 6. The van der Waals surface area contributed by atoms with Gasteiger partial charge in [0.05, 0.1) is 31.0 Å². The van der Waals surface area contributed by atoms with E-state index >= 15 is 0 Å². The normalized spacial score (nSPS) is 18.0. The minimum atomic E-state index is -1.42. The van der Waals surface area contributed by atoms with Gasteiger partial charge in [-0.25, -0.2) is 4.39 Å². The maximum atomic E-state index is 14.0. The summed E-state index contributed by atoms with van der Waals surface area (Å²) in [4.78, 5) is 45.5. The number of fused-ring (bicyclic) bond motifs is 2. The van der Waals surface area contributed by atoms with Gasteiger partial charge in [-0.15, -0.1) is 0 Å². The number of carbonyl (C=O) groups excluding carboxylic acids is 2. The SMILES string of the molecule is CN1CCN(C)C2=C1CNc1c2cc(C(=O)NCc2ccc(Cl)cc2)c(=O)n1CC(=O)N1CC(C)(F)C1. The van der Waals surface area contributed by atoms with Gasteiger partial charge in [-0.3, -0.25) is 19.0 Å². The molecule has 1 aromatic carbocycles. The van der Waals surface area contributed by atoms with Crippen LogP contribution in [-0.2, 0) is 17.9 Å². The number of likely N-dealkylation sites (N-methyl/N-ethyl adjacent to an activating group) is 2. The summed E-state index contributed by atoms with van der Waals surface area (Å²) in [5.41, 5.74) is 1.41. The quantitative estimate of drug-likeness (QED) is 0.617. The molecule has 0 aliphatic carbocycles. The third-order valence-electron chi connectivity index (χ3n) is 7.15. The lowest BCUT2D eigenvalue weighted by atomic mass is 9.99. The molecule has 37 heavy (non-hydrogen) atoms. The van der Waals surface area contributed by atoms with Gasteiger partial charge in [0.2, 0.25) is 5.91 Å². The van der Waals surface area contributed by atoms with E-state index in [0.717, 1.165) is 30.0 Å². The number of halogens is 2. The average molecular weight is 529 g/mol. The second-order valence-corrected chi connectivity index (χ2v) is 10.6. The van der Waals surface area contributed by atoms with Gasteiger partial charge in [-0.05, 0) is 30.7 Å². The molecule has 2 aromatic rings. The first-order chi connectivity index (χ1) is 17.5. The second-order valence-electron chi connectivity index (χ2n) is 10.2. The van der Waals surface area contributed by atoms with Crippen LogP contribution in [0.5, 0.6) is 0 Å². The van der Waals surface area contributed by atoms with Crippen molar-refractivity contribution in [3.05, 3.63) is 68.1 Å². The predicted molar refractivity (Wildman–Crippen MR) is 140 cm³/mol. The number of benzene rings is 1. The lowest BCUT2D eigenvalue weighted by Crippen LogP contribution is -2.60. The summed E-state index contributed by atoms with van der Waals surface area (Å²) in [6, 6.07) is 8.66. The largest absolute Gasteiger partial charge is 0.373 e. The molecule has 196 valence electrons. The molecule has 3 aliphatic heterocycles. The highest BCUT2D eigenvalue weighted by Gasteiger charge is 2.42. The molecule has 5 rings (SSSR count). The second kappa shape index (κ2) is 9.41. The van der Waals surface area contributed by atoms with Crippen LogP contribution < -0.4 is 16.2 Å². The molecule has 2 amide bonds. The van der Waals surface area contributed by atoms with Gasteiger partial charge < -0.3 is 25.3 Å². The molecular weight excluding hydrogens is 499 g/mol. The minimum Gasteiger partial charge on any atom is -0.373 e. The molecule has 0 atom stereocenters. The standard InChI is InChI=1S/C26H30ClFN6O3/c1-26(28)14-33(15-26)21(35)13-34-23-18(22-20(12-29-23)31(2)8-9-32(22)3)10-19(25(34)37)24(36)30-11-16-4-6-17(27)7-5-16/h4-7,10,29H,8-9,11-15H2,1-3H3,(H,30,36). The van der Waals surface area contributed by atoms with Gasteiger partial charge in [0.1, 0.15) is 23.6 Å². The molecule has 11 heteroatoms. The molecular formula is C26H30ClFN6O3. The Bertz CT molecular complexity index is 1350. The maximum absolute atomic E-state index is 14.0. The van der Waals surface area contributed by atoms with E-state index in [4.69, 9.17) is 11.6 Å². The fourth-order valence-corrected chi connectivity index (χ4v) is 5.21. The van der Waals surface area contributed by atoms with Crippen molar-refractivity contribution in [2.24, 2.45) is 0 Å². The summed E-state index contributed by atoms with van der Waals surface area (Å²) < 4.78 is 15.4. The molecule has 0 unspecified atom stereocenters. The van der Waals surface area contributed by atoms with Crippen molar-refractivity contribution in [2.45, 2.75) is 25.7 Å². The predicted octanol–water partition coefficient (Wildman–Crippen LogP) is 1.97. The summed E-state index contributed by atoms with van der Waals surface area (Å²) >= 11 is 5.95. The number of rotatable bonds is 5.